The van der Waals surface area contributed by atoms with Crippen LogP contribution in [-0.4, -0.2) is 47.8 Å². The summed E-state index contributed by atoms with van der Waals surface area (Å²) in [5, 5.41) is 9.06. The number of rotatable bonds is 5. The molecule has 0 fully saturated rings. The molecule has 5 heteroatoms. The van der Waals surface area contributed by atoms with Crippen molar-refractivity contribution in [3.8, 4) is 11.5 Å². The van der Waals surface area contributed by atoms with E-state index < -0.39 is 12.0 Å². The van der Waals surface area contributed by atoms with Crippen molar-refractivity contribution in [2.24, 2.45) is 0 Å². The highest BCUT2D eigenvalue weighted by atomic mass is 16.6. The second-order valence-corrected chi connectivity index (χ2v) is 4.60. The van der Waals surface area contributed by atoms with E-state index in [0.29, 0.717) is 19.7 Å². The molecular weight excluding hydrogens is 246 g/mol. The van der Waals surface area contributed by atoms with Crippen LogP contribution in [0.4, 0.5) is 0 Å². The minimum absolute atomic E-state index is 0.142. The van der Waals surface area contributed by atoms with E-state index in [-0.39, 0.29) is 6.10 Å². The Bertz CT molecular complexity index is 449. The third kappa shape index (κ3) is 3.17. The molecule has 5 nitrogen and oxygen atoms in total. The average molecular weight is 265 g/mol. The molecule has 0 saturated heterocycles. The van der Waals surface area contributed by atoms with E-state index in [9.17, 15) is 4.79 Å². The number of carboxylic acids is 1. The van der Waals surface area contributed by atoms with Gasteiger partial charge >= 0.3 is 5.97 Å². The van der Waals surface area contributed by atoms with Crippen LogP contribution < -0.4 is 9.47 Å². The highest BCUT2D eigenvalue weighted by Crippen LogP contribution is 2.31. The molecule has 0 bridgehead atoms. The number of ether oxygens (including phenoxy) is 2. The second-order valence-electron chi connectivity index (χ2n) is 4.60. The van der Waals surface area contributed by atoms with Crippen LogP contribution in [0.15, 0.2) is 24.3 Å². The first-order chi connectivity index (χ1) is 9.11. The second kappa shape index (κ2) is 5.93. The molecule has 104 valence electrons. The number of hydrogen-bond acceptors (Lipinski definition) is 4. The lowest BCUT2D eigenvalue weighted by molar-refractivity contribution is -0.143. The molecule has 1 aliphatic heterocycles. The van der Waals surface area contributed by atoms with E-state index in [1.54, 1.807) is 6.92 Å². The van der Waals surface area contributed by atoms with Gasteiger partial charge in [-0.1, -0.05) is 19.1 Å². The van der Waals surface area contributed by atoms with Gasteiger partial charge in [0.05, 0.1) is 0 Å². The number of nitrogens with zero attached hydrogens (tertiary/aromatic N) is 1. The van der Waals surface area contributed by atoms with Crippen LogP contribution in [0.2, 0.25) is 0 Å². The molecule has 1 aliphatic rings. The summed E-state index contributed by atoms with van der Waals surface area (Å²) >= 11 is 0. The minimum atomic E-state index is -0.820. The molecule has 19 heavy (non-hydrogen) atoms. The zero-order valence-electron chi connectivity index (χ0n) is 11.2. The maximum atomic E-state index is 11.0. The van der Waals surface area contributed by atoms with Gasteiger partial charge in [-0.25, -0.2) is 0 Å². The highest BCUT2D eigenvalue weighted by molar-refractivity contribution is 5.72. The van der Waals surface area contributed by atoms with Crippen molar-refractivity contribution in [3.63, 3.8) is 0 Å². The number of hydrogen-bond donors (Lipinski definition) is 1. The zero-order chi connectivity index (χ0) is 13.8. The first-order valence-corrected chi connectivity index (χ1v) is 6.47. The molecule has 1 aromatic carbocycles. The lowest BCUT2D eigenvalue weighted by Gasteiger charge is -2.32. The molecule has 2 rings (SSSR count). The molecule has 1 heterocycles. The Morgan fingerprint density at radius 3 is 2.79 bits per heavy atom. The molecule has 0 aliphatic carbocycles. The minimum Gasteiger partial charge on any atom is -0.486 e. The predicted octanol–water partition coefficient (Wildman–Crippen LogP) is 1.62. The zero-order valence-corrected chi connectivity index (χ0v) is 11.2. The number of likely N-dealkylation sites (N-methyl/N-ethyl adjacent to an activating group) is 1. The summed E-state index contributed by atoms with van der Waals surface area (Å²) in [7, 11) is 0. The highest BCUT2D eigenvalue weighted by Gasteiger charge is 2.26. The number of aliphatic carboxylic acids is 1. The maximum Gasteiger partial charge on any atom is 0.320 e. The van der Waals surface area contributed by atoms with Crippen molar-refractivity contribution < 1.29 is 19.4 Å². The summed E-state index contributed by atoms with van der Waals surface area (Å²) in [5.74, 6) is 0.643. The summed E-state index contributed by atoms with van der Waals surface area (Å²) < 4.78 is 11.5. The predicted molar refractivity (Wildman–Crippen MR) is 70.7 cm³/mol. The Morgan fingerprint density at radius 2 is 2.16 bits per heavy atom. The standard InChI is InChI=1S/C14H19NO4/c1-3-15(10(2)14(16)17)8-11-9-18-12-6-4-5-7-13(12)19-11/h4-7,10-11H,3,8-9H2,1-2H3,(H,16,17)/t10-,11-/m0/s1. The lowest BCUT2D eigenvalue weighted by Crippen LogP contribution is -2.47. The van der Waals surface area contributed by atoms with Crippen LogP contribution in [-0.2, 0) is 4.79 Å². The number of benzene rings is 1. The normalized spacial score (nSPS) is 19.2. The summed E-state index contributed by atoms with van der Waals surface area (Å²) in [5.41, 5.74) is 0. The first-order valence-electron chi connectivity index (χ1n) is 6.47. The van der Waals surface area contributed by atoms with E-state index >= 15 is 0 Å². The monoisotopic (exact) mass is 265 g/mol. The van der Waals surface area contributed by atoms with E-state index in [1.807, 2.05) is 36.1 Å². The Hall–Kier alpha value is -1.75. The first kappa shape index (κ1) is 13.7. The van der Waals surface area contributed by atoms with E-state index in [4.69, 9.17) is 14.6 Å². The SMILES string of the molecule is CCN(C[C@H]1COc2ccccc2O1)[C@@H](C)C(=O)O. The molecule has 1 aromatic rings. The van der Waals surface area contributed by atoms with Crippen LogP contribution in [0.5, 0.6) is 11.5 Å². The van der Waals surface area contributed by atoms with Crippen molar-refractivity contribution in [1.29, 1.82) is 0 Å². The Labute approximate surface area is 112 Å². The smallest absolute Gasteiger partial charge is 0.320 e. The van der Waals surface area contributed by atoms with Gasteiger partial charge in [0.1, 0.15) is 18.8 Å². The average Bonchev–Trinajstić information content (AvgIpc) is 2.43. The van der Waals surface area contributed by atoms with E-state index in [0.717, 1.165) is 11.5 Å². The number of carbonyl (C=O) groups is 1. The van der Waals surface area contributed by atoms with Crippen LogP contribution in [0.3, 0.4) is 0 Å². The van der Waals surface area contributed by atoms with Crippen LogP contribution in [0, 0.1) is 0 Å². The third-order valence-electron chi connectivity index (χ3n) is 3.32. The quantitative estimate of drug-likeness (QED) is 0.876. The molecule has 0 saturated carbocycles. The summed E-state index contributed by atoms with van der Waals surface area (Å²) in [4.78, 5) is 12.9. The summed E-state index contributed by atoms with van der Waals surface area (Å²) in [6, 6.07) is 6.99. The molecule has 1 N–H and O–H groups in total. The van der Waals surface area contributed by atoms with Gasteiger partial charge in [-0.3, -0.25) is 9.69 Å². The fourth-order valence-corrected chi connectivity index (χ4v) is 2.13. The largest absolute Gasteiger partial charge is 0.486 e. The van der Waals surface area contributed by atoms with Gasteiger partial charge in [0.25, 0.3) is 0 Å². The van der Waals surface area contributed by atoms with Crippen LogP contribution in [0.25, 0.3) is 0 Å². The Balaban J connectivity index is 1.99. The van der Waals surface area contributed by atoms with Crippen molar-refractivity contribution >= 4 is 5.97 Å². The van der Waals surface area contributed by atoms with Crippen LogP contribution >= 0.6 is 0 Å². The van der Waals surface area contributed by atoms with E-state index in [1.165, 1.54) is 0 Å². The number of para-hydroxylation sites is 2. The van der Waals surface area contributed by atoms with Gasteiger partial charge in [0.2, 0.25) is 0 Å². The topological polar surface area (TPSA) is 59.0 Å². The van der Waals surface area contributed by atoms with Crippen molar-refractivity contribution in [2.75, 3.05) is 19.7 Å². The third-order valence-corrected chi connectivity index (χ3v) is 3.32. The van der Waals surface area contributed by atoms with Gasteiger partial charge in [0.15, 0.2) is 11.5 Å². The van der Waals surface area contributed by atoms with Gasteiger partial charge in [-0.05, 0) is 25.6 Å². The van der Waals surface area contributed by atoms with Crippen molar-refractivity contribution in [3.05, 3.63) is 24.3 Å². The molecule has 2 atom stereocenters. The van der Waals surface area contributed by atoms with E-state index in [2.05, 4.69) is 0 Å². The molecule has 0 spiro atoms. The van der Waals surface area contributed by atoms with Gasteiger partial charge < -0.3 is 14.6 Å². The fourth-order valence-electron chi connectivity index (χ4n) is 2.13. The molecule has 0 aromatic heterocycles. The van der Waals surface area contributed by atoms with Crippen LogP contribution in [0.1, 0.15) is 13.8 Å². The van der Waals surface area contributed by atoms with Gasteiger partial charge in [-0.15, -0.1) is 0 Å². The number of carboxylic acid groups (broad SMARTS) is 1. The molecule has 0 unspecified atom stereocenters. The van der Waals surface area contributed by atoms with Crippen molar-refractivity contribution in [1.82, 2.24) is 4.90 Å². The van der Waals surface area contributed by atoms with Gasteiger partial charge in [0, 0.05) is 6.54 Å². The summed E-state index contributed by atoms with van der Waals surface area (Å²) in [6.07, 6.45) is -0.142. The Kier molecular flexibility index (Phi) is 4.27. The fraction of sp³-hybridized carbons (Fsp3) is 0.500. The molecular formula is C14H19NO4. The van der Waals surface area contributed by atoms with Crippen molar-refractivity contribution in [2.45, 2.75) is 26.0 Å². The molecule has 0 radical (unpaired) electrons. The summed E-state index contributed by atoms with van der Waals surface area (Å²) in [6.45, 7) is 5.27. The maximum absolute atomic E-state index is 11.0. The Morgan fingerprint density at radius 1 is 1.47 bits per heavy atom. The molecule has 0 amide bonds. The number of fused-ring (bicyclic) bond motifs is 1. The van der Waals surface area contributed by atoms with Gasteiger partial charge in [-0.2, -0.15) is 0 Å². The lowest BCUT2D eigenvalue weighted by atomic mass is 10.2.